The molecule has 0 unspecified atom stereocenters. The monoisotopic (exact) mass is 441 g/mol. The van der Waals surface area contributed by atoms with Crippen molar-refractivity contribution >= 4 is 22.8 Å². The highest BCUT2D eigenvalue weighted by Crippen LogP contribution is 2.41. The Labute approximate surface area is 180 Å². The van der Waals surface area contributed by atoms with Gasteiger partial charge in [-0.3, -0.25) is 4.79 Å². The van der Waals surface area contributed by atoms with E-state index in [1.54, 1.807) is 47.3 Å². The maximum atomic E-state index is 12.8. The molecule has 1 amide bonds. The predicted molar refractivity (Wildman–Crippen MR) is 109 cm³/mol. The van der Waals surface area contributed by atoms with Gasteiger partial charge in [-0.1, -0.05) is 5.21 Å². The zero-order valence-corrected chi connectivity index (χ0v) is 16.8. The number of anilines is 1. The van der Waals surface area contributed by atoms with Crippen LogP contribution in [0, 0.1) is 0 Å². The molecule has 1 saturated carbocycles. The highest BCUT2D eigenvalue weighted by molar-refractivity contribution is 5.91. The average Bonchev–Trinajstić information content (AvgIpc) is 3.40. The molecule has 3 aromatic heterocycles. The van der Waals surface area contributed by atoms with Crippen LogP contribution >= 0.6 is 0 Å². The third-order valence-electron chi connectivity index (χ3n) is 5.12. The summed E-state index contributed by atoms with van der Waals surface area (Å²) in [5, 5.41) is 14.9. The molecule has 4 aromatic rings. The molecule has 1 fully saturated rings. The first kappa shape index (κ1) is 20.2. The van der Waals surface area contributed by atoms with E-state index in [1.165, 1.54) is 10.7 Å². The van der Waals surface area contributed by atoms with Crippen LogP contribution in [0.5, 0.6) is 0 Å². The van der Waals surface area contributed by atoms with Crippen molar-refractivity contribution in [3.05, 3.63) is 60.0 Å². The van der Waals surface area contributed by atoms with Crippen molar-refractivity contribution in [3.8, 4) is 5.69 Å². The van der Waals surface area contributed by atoms with Gasteiger partial charge in [0.05, 0.1) is 17.8 Å². The van der Waals surface area contributed by atoms with Crippen molar-refractivity contribution in [2.24, 2.45) is 0 Å². The second-order valence-corrected chi connectivity index (χ2v) is 7.73. The number of carbonyl (C=O) groups excluding carboxylic acids is 1. The molecule has 164 valence electrons. The predicted octanol–water partition coefficient (Wildman–Crippen LogP) is 3.63. The number of amides is 1. The van der Waals surface area contributed by atoms with Gasteiger partial charge in [0.1, 0.15) is 12.1 Å². The van der Waals surface area contributed by atoms with Crippen molar-refractivity contribution < 1.29 is 18.0 Å². The summed E-state index contributed by atoms with van der Waals surface area (Å²) in [5.74, 6) is -0.0737. The second kappa shape index (κ2) is 7.74. The lowest BCUT2D eigenvalue weighted by Gasteiger charge is -2.09. The maximum Gasteiger partial charge on any atom is 0.394 e. The van der Waals surface area contributed by atoms with Gasteiger partial charge in [0, 0.05) is 23.5 Å². The summed E-state index contributed by atoms with van der Waals surface area (Å²) in [4.78, 5) is 16.6. The number of hydrogen-bond acceptors (Lipinski definition) is 5. The number of rotatable bonds is 6. The standard InChI is InChI=1S/C21H18F3N7O/c22-21(23,24)11-15-10-18(13-3-4-13)31(28-15)16-7-5-14(6-8-16)26-19(32)12-30-20-17(27-29-30)2-1-9-25-20/h1-2,5-10,13H,3-4,11-12H2,(H,26,32). The number of nitrogens with one attached hydrogen (secondary N) is 1. The largest absolute Gasteiger partial charge is 0.394 e. The van der Waals surface area contributed by atoms with Gasteiger partial charge in [0.2, 0.25) is 5.91 Å². The van der Waals surface area contributed by atoms with Crippen LogP contribution in [0.2, 0.25) is 0 Å². The molecule has 5 rings (SSSR count). The minimum absolute atomic E-state index is 0.00504. The molecule has 11 heteroatoms. The number of halogens is 3. The van der Waals surface area contributed by atoms with Gasteiger partial charge >= 0.3 is 6.18 Å². The smallest absolute Gasteiger partial charge is 0.324 e. The van der Waals surface area contributed by atoms with Gasteiger partial charge in [-0.15, -0.1) is 5.10 Å². The number of benzene rings is 1. The Balaban J connectivity index is 1.30. The summed E-state index contributed by atoms with van der Waals surface area (Å²) in [6.07, 6.45) is -1.88. The Morgan fingerprint density at radius 1 is 1.16 bits per heavy atom. The fourth-order valence-corrected chi connectivity index (χ4v) is 3.55. The Morgan fingerprint density at radius 3 is 2.66 bits per heavy atom. The van der Waals surface area contributed by atoms with Gasteiger partial charge in [-0.05, 0) is 55.3 Å². The maximum absolute atomic E-state index is 12.8. The highest BCUT2D eigenvalue weighted by atomic mass is 19.4. The Bertz CT molecular complexity index is 1270. The van der Waals surface area contributed by atoms with Crippen molar-refractivity contribution in [2.75, 3.05) is 5.32 Å². The number of aromatic nitrogens is 6. The van der Waals surface area contributed by atoms with Crippen LogP contribution in [0.3, 0.4) is 0 Å². The number of hydrogen-bond donors (Lipinski definition) is 1. The molecular weight excluding hydrogens is 423 g/mol. The number of nitrogens with zero attached hydrogens (tertiary/aromatic N) is 6. The van der Waals surface area contributed by atoms with Crippen LogP contribution in [0.4, 0.5) is 18.9 Å². The van der Waals surface area contributed by atoms with Crippen molar-refractivity contribution in [3.63, 3.8) is 0 Å². The lowest BCUT2D eigenvalue weighted by atomic mass is 10.2. The van der Waals surface area contributed by atoms with Crippen LogP contribution in [0.25, 0.3) is 16.9 Å². The summed E-state index contributed by atoms with van der Waals surface area (Å²) in [5.41, 5.74) is 3.09. The Hall–Kier alpha value is -3.76. The van der Waals surface area contributed by atoms with Crippen LogP contribution in [-0.4, -0.2) is 41.8 Å². The van der Waals surface area contributed by atoms with E-state index in [-0.39, 0.29) is 24.1 Å². The quantitative estimate of drug-likeness (QED) is 0.494. The lowest BCUT2D eigenvalue weighted by molar-refractivity contribution is -0.127. The minimum Gasteiger partial charge on any atom is -0.324 e. The normalized spacial score (nSPS) is 14.1. The molecule has 1 aliphatic rings. The topological polar surface area (TPSA) is 90.5 Å². The molecule has 1 N–H and O–H groups in total. The van der Waals surface area contributed by atoms with E-state index in [2.05, 4.69) is 25.7 Å². The SMILES string of the molecule is O=C(Cn1nnc2cccnc21)Nc1ccc(-n2nc(CC(F)(F)F)cc2C2CC2)cc1. The van der Waals surface area contributed by atoms with Gasteiger partial charge in [0.25, 0.3) is 0 Å². The van der Waals surface area contributed by atoms with Crippen LogP contribution in [-0.2, 0) is 17.8 Å². The van der Waals surface area contributed by atoms with Crippen LogP contribution in [0.1, 0.15) is 30.1 Å². The molecule has 32 heavy (non-hydrogen) atoms. The molecular formula is C21H18F3N7O. The molecule has 0 atom stereocenters. The van der Waals surface area contributed by atoms with E-state index in [0.29, 0.717) is 22.5 Å². The summed E-state index contributed by atoms with van der Waals surface area (Å²) < 4.78 is 41.4. The highest BCUT2D eigenvalue weighted by Gasteiger charge is 2.33. The average molecular weight is 441 g/mol. The van der Waals surface area contributed by atoms with Crippen LogP contribution < -0.4 is 5.32 Å². The number of fused-ring (bicyclic) bond motifs is 1. The zero-order valence-electron chi connectivity index (χ0n) is 16.8. The van der Waals surface area contributed by atoms with E-state index in [0.717, 1.165) is 18.5 Å². The molecule has 0 saturated heterocycles. The molecule has 1 aromatic carbocycles. The van der Waals surface area contributed by atoms with Crippen molar-refractivity contribution in [2.45, 2.75) is 37.9 Å². The fourth-order valence-electron chi connectivity index (χ4n) is 3.55. The van der Waals surface area contributed by atoms with Gasteiger partial charge in [-0.2, -0.15) is 18.3 Å². The zero-order chi connectivity index (χ0) is 22.3. The van der Waals surface area contributed by atoms with E-state index >= 15 is 0 Å². The molecule has 0 aliphatic heterocycles. The molecule has 0 spiro atoms. The third-order valence-corrected chi connectivity index (χ3v) is 5.12. The van der Waals surface area contributed by atoms with Crippen LogP contribution in [0.15, 0.2) is 48.7 Å². The van der Waals surface area contributed by atoms with Gasteiger partial charge < -0.3 is 5.32 Å². The van der Waals surface area contributed by atoms with E-state index in [4.69, 9.17) is 0 Å². The Morgan fingerprint density at radius 2 is 1.94 bits per heavy atom. The van der Waals surface area contributed by atoms with Gasteiger partial charge in [0.15, 0.2) is 5.65 Å². The summed E-state index contributed by atoms with van der Waals surface area (Å²) in [6.45, 7) is -0.0545. The second-order valence-electron chi connectivity index (χ2n) is 7.73. The van der Waals surface area contributed by atoms with E-state index < -0.39 is 12.6 Å². The van der Waals surface area contributed by atoms with Crippen molar-refractivity contribution in [1.82, 2.24) is 29.8 Å². The molecule has 3 heterocycles. The lowest BCUT2D eigenvalue weighted by Crippen LogP contribution is -2.19. The summed E-state index contributed by atoms with van der Waals surface area (Å²) in [7, 11) is 0. The molecule has 8 nitrogen and oxygen atoms in total. The van der Waals surface area contributed by atoms with E-state index in [1.807, 2.05) is 0 Å². The first-order valence-corrected chi connectivity index (χ1v) is 10.1. The van der Waals surface area contributed by atoms with Crippen molar-refractivity contribution in [1.29, 1.82) is 0 Å². The number of alkyl halides is 3. The third kappa shape index (κ3) is 4.32. The van der Waals surface area contributed by atoms with E-state index in [9.17, 15) is 18.0 Å². The molecule has 0 bridgehead atoms. The number of carbonyl (C=O) groups is 1. The number of pyridine rings is 1. The molecule has 1 aliphatic carbocycles. The molecule has 0 radical (unpaired) electrons. The first-order valence-electron chi connectivity index (χ1n) is 10.1. The minimum atomic E-state index is -4.31. The Kier molecular flexibility index (Phi) is 4.87. The van der Waals surface area contributed by atoms with Gasteiger partial charge in [-0.25, -0.2) is 14.3 Å². The fraction of sp³-hybridized carbons (Fsp3) is 0.286. The summed E-state index contributed by atoms with van der Waals surface area (Å²) >= 11 is 0. The summed E-state index contributed by atoms with van der Waals surface area (Å²) in [6, 6.07) is 11.9. The first-order chi connectivity index (χ1) is 15.4.